The van der Waals surface area contributed by atoms with Crippen LogP contribution >= 0.6 is 0 Å². The number of benzene rings is 2. The van der Waals surface area contributed by atoms with Gasteiger partial charge in [0, 0.05) is 37.3 Å². The van der Waals surface area contributed by atoms with Crippen molar-refractivity contribution in [2.45, 2.75) is 6.92 Å². The van der Waals surface area contributed by atoms with Crippen molar-refractivity contribution in [3.05, 3.63) is 72.0 Å². The number of carbonyl (C=O) groups excluding carboxylic acids is 1. The van der Waals surface area contributed by atoms with Gasteiger partial charge < -0.3 is 14.3 Å². The summed E-state index contributed by atoms with van der Waals surface area (Å²) in [5.74, 6) is -0.409. The molecule has 5 rings (SSSR count). The second kappa shape index (κ2) is 8.51. The van der Waals surface area contributed by atoms with Crippen molar-refractivity contribution in [1.82, 2.24) is 19.9 Å². The molecule has 0 bridgehead atoms. The van der Waals surface area contributed by atoms with E-state index in [-0.39, 0.29) is 11.7 Å². The molecule has 0 N–H and O–H groups in total. The number of hydrogen-bond donors (Lipinski definition) is 0. The van der Waals surface area contributed by atoms with Crippen molar-refractivity contribution in [3.63, 3.8) is 0 Å². The zero-order valence-electron chi connectivity index (χ0n) is 17.8. The Labute approximate surface area is 185 Å². The van der Waals surface area contributed by atoms with Crippen LogP contribution in [-0.2, 0) is 0 Å². The first-order chi connectivity index (χ1) is 15.6. The molecule has 162 valence electrons. The number of aromatic nitrogens is 2. The molecule has 1 aliphatic heterocycles. The summed E-state index contributed by atoms with van der Waals surface area (Å²) < 4.78 is 19.0. The van der Waals surface area contributed by atoms with Crippen LogP contribution in [0.3, 0.4) is 0 Å². The number of hydrogen-bond acceptors (Lipinski definition) is 5. The van der Waals surface area contributed by atoms with E-state index < -0.39 is 0 Å². The normalized spacial score (nSPS) is 14.8. The highest BCUT2D eigenvalue weighted by Crippen LogP contribution is 2.33. The number of fused-ring (bicyclic) bond motifs is 1. The molecular formula is C25H23FN4O2. The van der Waals surface area contributed by atoms with Crippen LogP contribution in [0.4, 0.5) is 4.39 Å². The van der Waals surface area contributed by atoms with Crippen LogP contribution in [0.15, 0.2) is 65.2 Å². The highest BCUT2D eigenvalue weighted by Gasteiger charge is 2.27. The quantitative estimate of drug-likeness (QED) is 0.478. The molecule has 2 aromatic heterocycles. The Hall–Kier alpha value is -3.58. The Morgan fingerprint density at radius 2 is 1.72 bits per heavy atom. The van der Waals surface area contributed by atoms with Crippen LogP contribution in [0.25, 0.3) is 33.6 Å². The van der Waals surface area contributed by atoms with Crippen molar-refractivity contribution in [3.8, 4) is 22.5 Å². The van der Waals surface area contributed by atoms with Crippen molar-refractivity contribution in [1.29, 1.82) is 0 Å². The fourth-order valence-corrected chi connectivity index (χ4v) is 4.12. The van der Waals surface area contributed by atoms with Gasteiger partial charge in [-0.15, -0.1) is 0 Å². The minimum absolute atomic E-state index is 0.0723. The first-order valence-corrected chi connectivity index (χ1v) is 10.8. The van der Waals surface area contributed by atoms with Crippen LogP contribution < -0.4 is 0 Å². The number of halogens is 1. The second-order valence-electron chi connectivity index (χ2n) is 7.87. The number of rotatable bonds is 4. The summed E-state index contributed by atoms with van der Waals surface area (Å²) in [7, 11) is 0. The summed E-state index contributed by atoms with van der Waals surface area (Å²) in [4.78, 5) is 22.5. The van der Waals surface area contributed by atoms with Crippen molar-refractivity contribution in [2.24, 2.45) is 0 Å². The number of pyridine rings is 1. The summed E-state index contributed by atoms with van der Waals surface area (Å²) in [6.07, 6.45) is 0. The third-order valence-corrected chi connectivity index (χ3v) is 5.97. The molecule has 1 saturated heterocycles. The van der Waals surface area contributed by atoms with Crippen molar-refractivity contribution < 1.29 is 13.7 Å². The summed E-state index contributed by atoms with van der Waals surface area (Å²) in [5.41, 5.74) is 3.49. The summed E-state index contributed by atoms with van der Waals surface area (Å²) in [5, 5.41) is 4.76. The van der Waals surface area contributed by atoms with Crippen LogP contribution in [0.1, 0.15) is 17.3 Å². The molecule has 0 spiro atoms. The third-order valence-electron chi connectivity index (χ3n) is 5.97. The number of piperazine rings is 1. The van der Waals surface area contributed by atoms with Gasteiger partial charge >= 0.3 is 0 Å². The van der Waals surface area contributed by atoms with E-state index in [4.69, 9.17) is 4.52 Å². The molecular weight excluding hydrogens is 407 g/mol. The minimum Gasteiger partial charge on any atom is -0.336 e. The molecule has 2 aromatic carbocycles. The Kier molecular flexibility index (Phi) is 5.41. The predicted molar refractivity (Wildman–Crippen MR) is 121 cm³/mol. The maximum Gasteiger partial charge on any atom is 0.259 e. The summed E-state index contributed by atoms with van der Waals surface area (Å²) in [6, 6.07) is 17.5. The Bertz CT molecular complexity index is 1250. The molecule has 0 saturated carbocycles. The average Bonchev–Trinajstić information content (AvgIpc) is 3.28. The standard InChI is InChI=1S/C25H23FN4O2/c1-2-29-12-14-30(15-13-29)25(31)20-16-21(17-6-4-3-5-7-17)27-24-22(20)23(28-32-24)18-8-10-19(26)11-9-18/h3-11,16H,2,12-15H2,1H3. The van der Waals surface area contributed by atoms with E-state index in [0.717, 1.165) is 25.2 Å². The van der Waals surface area contributed by atoms with Gasteiger partial charge in [0.05, 0.1) is 16.6 Å². The first kappa shape index (κ1) is 20.3. The largest absolute Gasteiger partial charge is 0.336 e. The smallest absolute Gasteiger partial charge is 0.259 e. The molecule has 3 heterocycles. The van der Waals surface area contributed by atoms with Crippen LogP contribution in [0.5, 0.6) is 0 Å². The van der Waals surface area contributed by atoms with Crippen molar-refractivity contribution in [2.75, 3.05) is 32.7 Å². The van der Waals surface area contributed by atoms with E-state index in [0.29, 0.717) is 46.7 Å². The minimum atomic E-state index is -0.337. The lowest BCUT2D eigenvalue weighted by Crippen LogP contribution is -2.48. The van der Waals surface area contributed by atoms with Gasteiger partial charge in [0.25, 0.3) is 11.6 Å². The van der Waals surface area contributed by atoms with Gasteiger partial charge in [-0.1, -0.05) is 42.4 Å². The van der Waals surface area contributed by atoms with E-state index in [1.807, 2.05) is 41.3 Å². The van der Waals surface area contributed by atoms with Gasteiger partial charge in [0.15, 0.2) is 0 Å². The molecule has 0 radical (unpaired) electrons. The zero-order valence-corrected chi connectivity index (χ0v) is 17.8. The van der Waals surface area contributed by atoms with Gasteiger partial charge in [-0.05, 0) is 36.9 Å². The number of nitrogens with zero attached hydrogens (tertiary/aromatic N) is 4. The maximum atomic E-state index is 13.7. The van der Waals surface area contributed by atoms with Gasteiger partial charge in [-0.3, -0.25) is 4.79 Å². The average molecular weight is 430 g/mol. The lowest BCUT2D eigenvalue weighted by molar-refractivity contribution is 0.0645. The van der Waals surface area contributed by atoms with E-state index >= 15 is 0 Å². The first-order valence-electron chi connectivity index (χ1n) is 10.8. The van der Waals surface area contributed by atoms with E-state index in [1.54, 1.807) is 12.1 Å². The van der Waals surface area contributed by atoms with E-state index in [2.05, 4.69) is 22.0 Å². The Morgan fingerprint density at radius 1 is 1.00 bits per heavy atom. The highest BCUT2D eigenvalue weighted by atomic mass is 19.1. The molecule has 0 atom stereocenters. The SMILES string of the molecule is CCN1CCN(C(=O)c2cc(-c3ccccc3)nc3onc(-c4ccc(F)cc4)c23)CC1. The third kappa shape index (κ3) is 3.76. The monoisotopic (exact) mass is 430 g/mol. The Morgan fingerprint density at radius 3 is 2.41 bits per heavy atom. The number of amides is 1. The summed E-state index contributed by atoms with van der Waals surface area (Å²) >= 11 is 0. The molecule has 1 fully saturated rings. The van der Waals surface area contributed by atoms with Gasteiger partial charge in [0.2, 0.25) is 0 Å². The zero-order chi connectivity index (χ0) is 22.1. The lowest BCUT2D eigenvalue weighted by atomic mass is 10.0. The highest BCUT2D eigenvalue weighted by molar-refractivity contribution is 6.10. The topological polar surface area (TPSA) is 62.5 Å². The maximum absolute atomic E-state index is 13.7. The number of carbonyl (C=O) groups is 1. The Balaban J connectivity index is 1.64. The lowest BCUT2D eigenvalue weighted by Gasteiger charge is -2.34. The second-order valence-corrected chi connectivity index (χ2v) is 7.87. The molecule has 4 aromatic rings. The molecule has 1 amide bonds. The fourth-order valence-electron chi connectivity index (χ4n) is 4.12. The molecule has 1 aliphatic rings. The molecule has 0 aliphatic carbocycles. The fraction of sp³-hybridized carbons (Fsp3) is 0.240. The van der Waals surface area contributed by atoms with E-state index in [1.165, 1.54) is 12.1 Å². The predicted octanol–water partition coefficient (Wildman–Crippen LogP) is 4.47. The van der Waals surface area contributed by atoms with Gasteiger partial charge in [-0.25, -0.2) is 9.37 Å². The van der Waals surface area contributed by atoms with Gasteiger partial charge in [0.1, 0.15) is 11.5 Å². The molecule has 32 heavy (non-hydrogen) atoms. The number of likely N-dealkylation sites (N-methyl/N-ethyl adjacent to an activating group) is 1. The molecule has 6 nitrogen and oxygen atoms in total. The molecule has 0 unspecified atom stereocenters. The van der Waals surface area contributed by atoms with Crippen LogP contribution in [-0.4, -0.2) is 58.6 Å². The molecule has 7 heteroatoms. The summed E-state index contributed by atoms with van der Waals surface area (Å²) in [6.45, 7) is 6.11. The van der Waals surface area contributed by atoms with Crippen LogP contribution in [0, 0.1) is 5.82 Å². The van der Waals surface area contributed by atoms with Crippen molar-refractivity contribution >= 4 is 17.0 Å². The van der Waals surface area contributed by atoms with Gasteiger partial charge in [-0.2, -0.15) is 0 Å². The van der Waals surface area contributed by atoms with E-state index in [9.17, 15) is 9.18 Å². The van der Waals surface area contributed by atoms with Crippen LogP contribution in [0.2, 0.25) is 0 Å².